The maximum Gasteiger partial charge on any atom is 0.213 e. The summed E-state index contributed by atoms with van der Waals surface area (Å²) in [5.74, 6) is 2.48. The molecular formula is C14H18N2O2. The van der Waals surface area contributed by atoms with Crippen molar-refractivity contribution in [2.75, 3.05) is 11.9 Å². The number of ether oxygens (including phenoxy) is 1. The van der Waals surface area contributed by atoms with Crippen LogP contribution in [0.2, 0.25) is 0 Å². The van der Waals surface area contributed by atoms with Crippen LogP contribution in [0.25, 0.3) is 0 Å². The van der Waals surface area contributed by atoms with E-state index >= 15 is 0 Å². The summed E-state index contributed by atoms with van der Waals surface area (Å²) in [6.07, 6.45) is 1.76. The molecular weight excluding hydrogens is 228 g/mol. The second-order valence-electron chi connectivity index (χ2n) is 4.13. The van der Waals surface area contributed by atoms with Crippen molar-refractivity contribution in [3.05, 3.63) is 42.0 Å². The molecule has 0 aliphatic carbocycles. The van der Waals surface area contributed by atoms with E-state index in [-0.39, 0.29) is 6.04 Å². The number of pyridine rings is 1. The van der Waals surface area contributed by atoms with Gasteiger partial charge < -0.3 is 14.5 Å². The quantitative estimate of drug-likeness (QED) is 0.876. The Bertz CT molecular complexity index is 491. The van der Waals surface area contributed by atoms with Crippen LogP contribution in [0.3, 0.4) is 0 Å². The fourth-order valence-electron chi connectivity index (χ4n) is 1.71. The standard InChI is InChI=1S/C14H18N2O2/c1-4-17-14-8-6-12(9-15-14)16-11(3)13-7-5-10(2)18-13/h5-9,11,16H,4H2,1-3H3. The average molecular weight is 246 g/mol. The number of hydrogen-bond acceptors (Lipinski definition) is 4. The zero-order valence-corrected chi connectivity index (χ0v) is 10.9. The average Bonchev–Trinajstić information content (AvgIpc) is 2.79. The van der Waals surface area contributed by atoms with E-state index < -0.39 is 0 Å². The van der Waals surface area contributed by atoms with Gasteiger partial charge in [0.2, 0.25) is 5.88 Å². The molecule has 0 fully saturated rings. The molecule has 0 bridgehead atoms. The lowest BCUT2D eigenvalue weighted by atomic mass is 10.2. The van der Waals surface area contributed by atoms with Gasteiger partial charge >= 0.3 is 0 Å². The van der Waals surface area contributed by atoms with Crippen LogP contribution < -0.4 is 10.1 Å². The number of nitrogens with one attached hydrogen (secondary N) is 1. The Morgan fingerprint density at radius 3 is 2.72 bits per heavy atom. The van der Waals surface area contributed by atoms with Crippen molar-refractivity contribution in [1.29, 1.82) is 0 Å². The van der Waals surface area contributed by atoms with Gasteiger partial charge in [0.05, 0.1) is 24.5 Å². The molecule has 0 aliphatic rings. The van der Waals surface area contributed by atoms with Crippen molar-refractivity contribution in [2.24, 2.45) is 0 Å². The predicted molar refractivity (Wildman–Crippen MR) is 70.9 cm³/mol. The van der Waals surface area contributed by atoms with E-state index in [9.17, 15) is 0 Å². The summed E-state index contributed by atoms with van der Waals surface area (Å²) >= 11 is 0. The van der Waals surface area contributed by atoms with Gasteiger partial charge in [-0.25, -0.2) is 4.98 Å². The van der Waals surface area contributed by atoms with Gasteiger partial charge in [0.1, 0.15) is 11.5 Å². The Kier molecular flexibility index (Phi) is 3.87. The molecule has 1 N–H and O–H groups in total. The van der Waals surface area contributed by atoms with Gasteiger partial charge in [-0.15, -0.1) is 0 Å². The van der Waals surface area contributed by atoms with Crippen LogP contribution in [-0.4, -0.2) is 11.6 Å². The number of anilines is 1. The Balaban J connectivity index is 2.00. The molecule has 4 heteroatoms. The minimum atomic E-state index is 0.110. The fraction of sp³-hybridized carbons (Fsp3) is 0.357. The highest BCUT2D eigenvalue weighted by Gasteiger charge is 2.09. The molecule has 2 rings (SSSR count). The first kappa shape index (κ1) is 12.5. The molecule has 0 radical (unpaired) electrons. The van der Waals surface area contributed by atoms with Gasteiger partial charge in [0.25, 0.3) is 0 Å². The number of nitrogens with zero attached hydrogens (tertiary/aromatic N) is 1. The van der Waals surface area contributed by atoms with Crippen molar-refractivity contribution in [2.45, 2.75) is 26.8 Å². The second-order valence-corrected chi connectivity index (χ2v) is 4.13. The van der Waals surface area contributed by atoms with Crippen LogP contribution in [0.15, 0.2) is 34.9 Å². The first-order valence-electron chi connectivity index (χ1n) is 6.10. The summed E-state index contributed by atoms with van der Waals surface area (Å²) in [7, 11) is 0. The molecule has 96 valence electrons. The molecule has 0 aromatic carbocycles. The maximum absolute atomic E-state index is 5.57. The third-order valence-corrected chi connectivity index (χ3v) is 2.60. The Morgan fingerprint density at radius 2 is 2.17 bits per heavy atom. The van der Waals surface area contributed by atoms with Gasteiger partial charge in [-0.1, -0.05) is 0 Å². The molecule has 18 heavy (non-hydrogen) atoms. The van der Waals surface area contributed by atoms with E-state index in [1.165, 1.54) is 0 Å². The molecule has 0 aliphatic heterocycles. The number of hydrogen-bond donors (Lipinski definition) is 1. The van der Waals surface area contributed by atoms with Crippen molar-refractivity contribution < 1.29 is 9.15 Å². The summed E-state index contributed by atoms with van der Waals surface area (Å²) < 4.78 is 10.9. The van der Waals surface area contributed by atoms with Gasteiger partial charge in [-0.3, -0.25) is 0 Å². The lowest BCUT2D eigenvalue weighted by Crippen LogP contribution is -2.06. The largest absolute Gasteiger partial charge is 0.478 e. The van der Waals surface area contributed by atoms with Crippen LogP contribution in [0, 0.1) is 6.92 Å². The van der Waals surface area contributed by atoms with E-state index in [4.69, 9.17) is 9.15 Å². The van der Waals surface area contributed by atoms with Crippen molar-refractivity contribution >= 4 is 5.69 Å². The summed E-state index contributed by atoms with van der Waals surface area (Å²) in [5, 5.41) is 3.33. The highest BCUT2D eigenvalue weighted by Crippen LogP contribution is 2.21. The number of aromatic nitrogens is 1. The zero-order chi connectivity index (χ0) is 13.0. The van der Waals surface area contributed by atoms with Gasteiger partial charge in [-0.05, 0) is 39.0 Å². The normalized spacial score (nSPS) is 12.2. The third-order valence-electron chi connectivity index (χ3n) is 2.60. The molecule has 4 nitrogen and oxygen atoms in total. The molecule has 0 amide bonds. The first-order valence-corrected chi connectivity index (χ1v) is 6.10. The van der Waals surface area contributed by atoms with E-state index in [1.54, 1.807) is 6.20 Å². The Hall–Kier alpha value is -1.97. The number of furan rings is 1. The zero-order valence-electron chi connectivity index (χ0n) is 10.9. The maximum atomic E-state index is 5.57. The molecule has 0 spiro atoms. The van der Waals surface area contributed by atoms with Crippen molar-refractivity contribution in [3.8, 4) is 5.88 Å². The van der Waals surface area contributed by atoms with Gasteiger partial charge in [-0.2, -0.15) is 0 Å². The predicted octanol–water partition coefficient (Wildman–Crippen LogP) is 3.55. The first-order chi connectivity index (χ1) is 8.69. The molecule has 1 unspecified atom stereocenters. The molecule has 1 atom stereocenters. The van der Waals surface area contributed by atoms with E-state index in [0.29, 0.717) is 12.5 Å². The molecule has 2 heterocycles. The smallest absolute Gasteiger partial charge is 0.213 e. The van der Waals surface area contributed by atoms with Crippen LogP contribution in [0.4, 0.5) is 5.69 Å². The van der Waals surface area contributed by atoms with Crippen LogP contribution in [0.1, 0.15) is 31.4 Å². The van der Waals surface area contributed by atoms with Crippen LogP contribution >= 0.6 is 0 Å². The minimum absolute atomic E-state index is 0.110. The minimum Gasteiger partial charge on any atom is -0.478 e. The van der Waals surface area contributed by atoms with E-state index in [1.807, 2.05) is 38.1 Å². The van der Waals surface area contributed by atoms with Crippen molar-refractivity contribution in [3.63, 3.8) is 0 Å². The summed E-state index contributed by atoms with van der Waals surface area (Å²) in [4.78, 5) is 4.21. The van der Waals surface area contributed by atoms with E-state index in [2.05, 4.69) is 17.2 Å². The number of aryl methyl sites for hydroxylation is 1. The van der Waals surface area contributed by atoms with Crippen LogP contribution in [0.5, 0.6) is 5.88 Å². The van der Waals surface area contributed by atoms with E-state index in [0.717, 1.165) is 17.2 Å². The molecule has 0 saturated heterocycles. The Labute approximate surface area is 107 Å². The monoisotopic (exact) mass is 246 g/mol. The lowest BCUT2D eigenvalue weighted by Gasteiger charge is -2.12. The fourth-order valence-corrected chi connectivity index (χ4v) is 1.71. The Morgan fingerprint density at radius 1 is 1.33 bits per heavy atom. The molecule has 2 aromatic heterocycles. The summed E-state index contributed by atoms with van der Waals surface area (Å²) in [6.45, 7) is 6.56. The number of rotatable bonds is 5. The second kappa shape index (κ2) is 5.58. The topological polar surface area (TPSA) is 47.3 Å². The summed E-state index contributed by atoms with van der Waals surface area (Å²) in [5.41, 5.74) is 0.944. The molecule has 0 saturated carbocycles. The summed E-state index contributed by atoms with van der Waals surface area (Å²) in [6, 6.07) is 7.85. The van der Waals surface area contributed by atoms with Crippen LogP contribution in [-0.2, 0) is 0 Å². The van der Waals surface area contributed by atoms with Gasteiger partial charge in [0, 0.05) is 6.07 Å². The highest BCUT2D eigenvalue weighted by atomic mass is 16.5. The van der Waals surface area contributed by atoms with Crippen molar-refractivity contribution in [1.82, 2.24) is 4.98 Å². The third kappa shape index (κ3) is 3.03. The van der Waals surface area contributed by atoms with Gasteiger partial charge in [0.15, 0.2) is 0 Å². The molecule has 2 aromatic rings. The lowest BCUT2D eigenvalue weighted by molar-refractivity contribution is 0.327. The highest BCUT2D eigenvalue weighted by molar-refractivity contribution is 5.43. The SMILES string of the molecule is CCOc1ccc(NC(C)c2ccc(C)o2)cn1.